The fourth-order valence-electron chi connectivity index (χ4n) is 4.54. The lowest BCUT2D eigenvalue weighted by molar-refractivity contribution is -0.120. The molecule has 4 rings (SSSR count). The first-order valence-corrected chi connectivity index (χ1v) is 11.6. The van der Waals surface area contributed by atoms with Crippen LogP contribution in [-0.2, 0) is 24.3 Å². The Morgan fingerprint density at radius 2 is 1.84 bits per heavy atom. The zero-order valence-electron chi connectivity index (χ0n) is 19.4. The maximum atomic E-state index is 12.6. The average molecular weight is 435 g/mol. The van der Waals surface area contributed by atoms with E-state index in [0.717, 1.165) is 54.6 Å². The maximum Gasteiger partial charge on any atom is 0.224 e. The van der Waals surface area contributed by atoms with Gasteiger partial charge in [0.15, 0.2) is 0 Å². The van der Waals surface area contributed by atoms with Crippen LogP contribution < -0.4 is 5.32 Å². The highest BCUT2D eigenvalue weighted by Gasteiger charge is 2.17. The molecule has 0 spiro atoms. The Balaban J connectivity index is 1.32. The molecule has 0 radical (unpaired) electrons. The molecule has 1 aromatic heterocycles. The van der Waals surface area contributed by atoms with Crippen LogP contribution in [0.5, 0.6) is 0 Å². The number of furan rings is 1. The van der Waals surface area contributed by atoms with Crippen LogP contribution >= 0.6 is 0 Å². The van der Waals surface area contributed by atoms with E-state index in [0.29, 0.717) is 18.9 Å². The largest absolute Gasteiger partial charge is 0.464 e. The third kappa shape index (κ3) is 5.40. The molecular formula is C27H34N2O3. The Kier molecular flexibility index (Phi) is 6.97. The summed E-state index contributed by atoms with van der Waals surface area (Å²) in [5, 5.41) is 13.7. The van der Waals surface area contributed by atoms with Crippen molar-refractivity contribution in [2.45, 2.75) is 65.1 Å². The summed E-state index contributed by atoms with van der Waals surface area (Å²) >= 11 is 0. The van der Waals surface area contributed by atoms with Crippen molar-refractivity contribution in [3.05, 3.63) is 70.5 Å². The Bertz CT molecular complexity index is 1060. The number of carbonyl (C=O) groups excluding carboxylic acids is 1. The normalized spacial score (nSPS) is 15.5. The third-order valence-corrected chi connectivity index (χ3v) is 6.49. The molecule has 0 saturated carbocycles. The summed E-state index contributed by atoms with van der Waals surface area (Å²) in [6.07, 6.45) is 3.59. The zero-order valence-corrected chi connectivity index (χ0v) is 19.4. The monoisotopic (exact) mass is 434 g/mol. The Morgan fingerprint density at radius 3 is 2.53 bits per heavy atom. The van der Waals surface area contributed by atoms with Crippen LogP contribution in [0.3, 0.4) is 0 Å². The Labute approximate surface area is 190 Å². The molecule has 0 unspecified atom stereocenters. The number of rotatable bonds is 7. The second kappa shape index (κ2) is 9.88. The van der Waals surface area contributed by atoms with Gasteiger partial charge in [-0.25, -0.2) is 0 Å². The predicted octanol–water partition coefficient (Wildman–Crippen LogP) is 4.68. The SMILES string of the molecule is Cc1cc2occ(CC(=O)NCc3ccc(CN4CCC(O)CC4)cc3)c2cc1C(C)C. The van der Waals surface area contributed by atoms with Gasteiger partial charge in [0.1, 0.15) is 5.58 Å². The van der Waals surface area contributed by atoms with E-state index in [4.69, 9.17) is 4.42 Å². The summed E-state index contributed by atoms with van der Waals surface area (Å²) in [4.78, 5) is 15.0. The number of hydrogen-bond donors (Lipinski definition) is 2. The molecule has 1 amide bonds. The van der Waals surface area contributed by atoms with Gasteiger partial charge < -0.3 is 14.8 Å². The standard InChI is InChI=1S/C27H34N2O3/c1-18(2)24-14-25-22(17-32-26(25)12-19(24)3)13-27(31)28-15-20-4-6-21(7-5-20)16-29-10-8-23(30)9-11-29/h4-7,12,14,17-18,23,30H,8-11,13,15-16H2,1-3H3,(H,28,31). The highest BCUT2D eigenvalue weighted by atomic mass is 16.3. The van der Waals surface area contributed by atoms with Gasteiger partial charge in [0.25, 0.3) is 0 Å². The molecule has 3 aromatic rings. The molecular weight excluding hydrogens is 400 g/mol. The molecule has 170 valence electrons. The van der Waals surface area contributed by atoms with Gasteiger partial charge in [-0.15, -0.1) is 0 Å². The van der Waals surface area contributed by atoms with Crippen LogP contribution in [0.15, 0.2) is 47.1 Å². The van der Waals surface area contributed by atoms with E-state index >= 15 is 0 Å². The molecule has 1 saturated heterocycles. The number of nitrogens with zero attached hydrogens (tertiary/aromatic N) is 1. The summed E-state index contributed by atoms with van der Waals surface area (Å²) in [5.74, 6) is 0.427. The first kappa shape index (κ1) is 22.6. The van der Waals surface area contributed by atoms with Crippen molar-refractivity contribution < 1.29 is 14.3 Å². The van der Waals surface area contributed by atoms with E-state index in [1.165, 1.54) is 16.7 Å². The smallest absolute Gasteiger partial charge is 0.224 e. The first-order chi connectivity index (χ1) is 15.4. The molecule has 1 aliphatic rings. The third-order valence-electron chi connectivity index (χ3n) is 6.49. The van der Waals surface area contributed by atoms with Crippen molar-refractivity contribution in [2.75, 3.05) is 13.1 Å². The molecule has 5 nitrogen and oxygen atoms in total. The highest BCUT2D eigenvalue weighted by Crippen LogP contribution is 2.29. The number of piperidine rings is 1. The lowest BCUT2D eigenvalue weighted by Crippen LogP contribution is -2.35. The molecule has 2 heterocycles. The molecule has 2 N–H and O–H groups in total. The minimum absolute atomic E-state index is 0.00433. The fraction of sp³-hybridized carbons (Fsp3) is 0.444. The molecule has 1 aliphatic heterocycles. The minimum Gasteiger partial charge on any atom is -0.464 e. The molecule has 0 atom stereocenters. The molecule has 2 aromatic carbocycles. The number of aryl methyl sites for hydroxylation is 1. The highest BCUT2D eigenvalue weighted by molar-refractivity contribution is 5.88. The Hall–Kier alpha value is -2.63. The van der Waals surface area contributed by atoms with E-state index in [1.807, 2.05) is 0 Å². The number of benzene rings is 2. The van der Waals surface area contributed by atoms with Gasteiger partial charge in [-0.1, -0.05) is 38.1 Å². The van der Waals surface area contributed by atoms with Gasteiger partial charge in [-0.05, 0) is 60.1 Å². The van der Waals surface area contributed by atoms with Crippen molar-refractivity contribution >= 4 is 16.9 Å². The van der Waals surface area contributed by atoms with Gasteiger partial charge in [-0.2, -0.15) is 0 Å². The quantitative estimate of drug-likeness (QED) is 0.567. The van der Waals surface area contributed by atoms with Crippen LogP contribution in [0.2, 0.25) is 0 Å². The summed E-state index contributed by atoms with van der Waals surface area (Å²) in [7, 11) is 0. The van der Waals surface area contributed by atoms with Crippen LogP contribution in [0.25, 0.3) is 11.0 Å². The van der Waals surface area contributed by atoms with Gasteiger partial charge in [-0.3, -0.25) is 9.69 Å². The number of amides is 1. The van der Waals surface area contributed by atoms with E-state index in [1.54, 1.807) is 6.26 Å². The summed E-state index contributed by atoms with van der Waals surface area (Å²) < 4.78 is 5.71. The molecule has 0 bridgehead atoms. The average Bonchev–Trinajstić information content (AvgIpc) is 3.15. The van der Waals surface area contributed by atoms with Crippen molar-refractivity contribution in [2.24, 2.45) is 0 Å². The van der Waals surface area contributed by atoms with E-state index in [-0.39, 0.29) is 12.0 Å². The summed E-state index contributed by atoms with van der Waals surface area (Å²) in [6.45, 7) is 9.78. The van der Waals surface area contributed by atoms with Crippen LogP contribution in [0, 0.1) is 6.92 Å². The number of hydrogen-bond acceptors (Lipinski definition) is 4. The van der Waals surface area contributed by atoms with Gasteiger partial charge >= 0.3 is 0 Å². The molecule has 1 fully saturated rings. The lowest BCUT2D eigenvalue weighted by atomic mass is 9.95. The van der Waals surface area contributed by atoms with Crippen molar-refractivity contribution in [3.63, 3.8) is 0 Å². The Morgan fingerprint density at radius 1 is 1.16 bits per heavy atom. The van der Waals surface area contributed by atoms with Crippen molar-refractivity contribution in [1.29, 1.82) is 0 Å². The van der Waals surface area contributed by atoms with E-state index in [2.05, 4.69) is 67.4 Å². The number of aliphatic hydroxyl groups excluding tert-OH is 1. The zero-order chi connectivity index (χ0) is 22.7. The number of fused-ring (bicyclic) bond motifs is 1. The second-order valence-corrected chi connectivity index (χ2v) is 9.40. The molecule has 5 heteroatoms. The van der Waals surface area contributed by atoms with Crippen molar-refractivity contribution in [3.8, 4) is 0 Å². The van der Waals surface area contributed by atoms with Gasteiger partial charge in [0.2, 0.25) is 5.91 Å². The maximum absolute atomic E-state index is 12.6. The van der Waals surface area contributed by atoms with Gasteiger partial charge in [0.05, 0.1) is 18.8 Å². The van der Waals surface area contributed by atoms with Crippen LogP contribution in [0.1, 0.15) is 60.4 Å². The first-order valence-electron chi connectivity index (χ1n) is 11.6. The molecule has 32 heavy (non-hydrogen) atoms. The van der Waals surface area contributed by atoms with Crippen LogP contribution in [0.4, 0.5) is 0 Å². The van der Waals surface area contributed by atoms with Gasteiger partial charge in [0, 0.05) is 37.1 Å². The minimum atomic E-state index is -0.140. The number of aliphatic hydroxyl groups is 1. The van der Waals surface area contributed by atoms with E-state index < -0.39 is 0 Å². The van der Waals surface area contributed by atoms with Crippen LogP contribution in [-0.4, -0.2) is 35.1 Å². The predicted molar refractivity (Wildman–Crippen MR) is 128 cm³/mol. The molecule has 0 aliphatic carbocycles. The second-order valence-electron chi connectivity index (χ2n) is 9.40. The fourth-order valence-corrected chi connectivity index (χ4v) is 4.54. The summed E-state index contributed by atoms with van der Waals surface area (Å²) in [5.41, 5.74) is 6.64. The number of nitrogens with one attached hydrogen (secondary N) is 1. The lowest BCUT2D eigenvalue weighted by Gasteiger charge is -2.29. The van der Waals surface area contributed by atoms with Crippen molar-refractivity contribution in [1.82, 2.24) is 10.2 Å². The van der Waals surface area contributed by atoms with E-state index in [9.17, 15) is 9.90 Å². The topological polar surface area (TPSA) is 65.7 Å². The summed E-state index contributed by atoms with van der Waals surface area (Å²) in [6, 6.07) is 12.7. The number of likely N-dealkylation sites (tertiary alicyclic amines) is 1. The number of carbonyl (C=O) groups is 1.